The van der Waals surface area contributed by atoms with Gasteiger partial charge in [-0.15, -0.1) is 11.8 Å². The third kappa shape index (κ3) is 4.11. The molecule has 15 heteroatoms. The molecule has 0 aliphatic carbocycles. The van der Waals surface area contributed by atoms with Crippen LogP contribution in [0.25, 0.3) is 10.2 Å². The minimum Gasteiger partial charge on any atom is -0.477 e. The number of rotatable bonds is 7. The number of hydrogen-bond acceptors (Lipinski definition) is 11. The maximum atomic E-state index is 13.0. The van der Waals surface area contributed by atoms with Crippen molar-refractivity contribution in [3.63, 3.8) is 0 Å². The molecule has 12 nitrogen and oxygen atoms in total. The predicted molar refractivity (Wildman–Crippen MR) is 130 cm³/mol. The second-order valence-corrected chi connectivity index (χ2v) is 10.3. The molecule has 0 aromatic carbocycles. The van der Waals surface area contributed by atoms with Crippen LogP contribution < -0.4 is 15.6 Å². The molecule has 0 saturated carbocycles. The molecule has 1 fully saturated rings. The predicted octanol–water partition coefficient (Wildman–Crippen LogP) is 0.412. The van der Waals surface area contributed by atoms with Crippen molar-refractivity contribution >= 4 is 73.5 Å². The Morgan fingerprint density at radius 2 is 2.26 bits per heavy atom. The normalized spacial score (nSPS) is 20.0. The zero-order chi connectivity index (χ0) is 24.7. The number of hydrogen-bond donors (Lipinski definition) is 3. The van der Waals surface area contributed by atoms with Gasteiger partial charge >= 0.3 is 5.97 Å². The number of thioether (sulfide) groups is 1. The maximum Gasteiger partial charge on any atom is 0.352 e. The molecule has 180 valence electrons. The van der Waals surface area contributed by atoms with E-state index in [1.54, 1.807) is 11.3 Å². The first-order valence-corrected chi connectivity index (χ1v) is 12.9. The number of carboxylic acid groups (broad SMARTS) is 1. The van der Waals surface area contributed by atoms with Crippen molar-refractivity contribution in [2.75, 3.05) is 18.6 Å². The highest BCUT2D eigenvalue weighted by atomic mass is 32.2. The summed E-state index contributed by atoms with van der Waals surface area (Å²) in [4.78, 5) is 48.9. The van der Waals surface area contributed by atoms with Crippen molar-refractivity contribution in [2.45, 2.75) is 18.0 Å². The van der Waals surface area contributed by atoms with Gasteiger partial charge in [-0.05, 0) is 17.5 Å². The van der Waals surface area contributed by atoms with E-state index in [9.17, 15) is 19.5 Å². The smallest absolute Gasteiger partial charge is 0.352 e. The number of aromatic nitrogens is 3. The molecule has 0 bridgehead atoms. The summed E-state index contributed by atoms with van der Waals surface area (Å²) in [5.41, 5.74) is 5.92. The number of nitrogen functional groups attached to an aromatic ring is 1. The van der Waals surface area contributed by atoms with Gasteiger partial charge in [0.1, 0.15) is 24.2 Å². The van der Waals surface area contributed by atoms with Crippen molar-refractivity contribution in [1.82, 2.24) is 19.6 Å². The Labute approximate surface area is 210 Å². The highest BCUT2D eigenvalue weighted by molar-refractivity contribution is 8.00. The summed E-state index contributed by atoms with van der Waals surface area (Å²) in [7, 11) is 1.26. The number of pyridine rings is 1. The summed E-state index contributed by atoms with van der Waals surface area (Å²) in [6.07, 6.45) is 1.89. The third-order valence-corrected chi connectivity index (χ3v) is 8.27. The van der Waals surface area contributed by atoms with E-state index in [1.165, 1.54) is 23.8 Å². The van der Waals surface area contributed by atoms with Gasteiger partial charge in [-0.3, -0.25) is 14.5 Å². The second-order valence-electron chi connectivity index (χ2n) is 7.51. The van der Waals surface area contributed by atoms with Crippen LogP contribution in [0.2, 0.25) is 0 Å². The molecule has 3 aromatic rings. The summed E-state index contributed by atoms with van der Waals surface area (Å²) >= 11 is 3.83. The highest BCUT2D eigenvalue weighted by Crippen LogP contribution is 2.40. The first-order valence-electron chi connectivity index (χ1n) is 10.2. The number of fused-ring (bicyclic) bond motifs is 2. The Morgan fingerprint density at radius 3 is 2.97 bits per heavy atom. The average Bonchev–Trinajstić information content (AvgIpc) is 3.49. The Hall–Kier alpha value is -3.56. The standard InChI is InChI=1S/C20H17N7O5S3/c1-32-24-11(14-23-20(21)35-25-14)15(28)22-12-16(29)27-13(19(30)31)10(8-34-18(12)27)7-26-5-2-3-9-4-6-33-17(9)26/h2-6,12,18H,7-8H2,1H3,(H3-,21,22,23,25,28,30,31)/p+1/t12?,18-/m0/s1. The molecule has 2 amide bonds. The number of thiophene rings is 1. The lowest BCUT2D eigenvalue weighted by atomic mass is 10.0. The number of anilines is 1. The van der Waals surface area contributed by atoms with Crippen molar-refractivity contribution in [1.29, 1.82) is 0 Å². The van der Waals surface area contributed by atoms with Crippen LogP contribution in [0.15, 0.2) is 46.2 Å². The summed E-state index contributed by atoms with van der Waals surface area (Å²) in [5.74, 6) is -2.08. The largest absolute Gasteiger partial charge is 0.477 e. The van der Waals surface area contributed by atoms with Gasteiger partial charge in [0, 0.05) is 28.9 Å². The van der Waals surface area contributed by atoms with Crippen molar-refractivity contribution < 1.29 is 28.9 Å². The Morgan fingerprint density at radius 1 is 1.43 bits per heavy atom. The fraction of sp³-hybridized carbons (Fsp3) is 0.250. The number of oxime groups is 1. The molecule has 35 heavy (non-hydrogen) atoms. The minimum absolute atomic E-state index is 0.0278. The van der Waals surface area contributed by atoms with Crippen LogP contribution in [0, 0.1) is 0 Å². The topological polar surface area (TPSA) is 164 Å². The Bertz CT molecular complexity index is 1410. The number of nitrogens with two attached hydrogens (primary N) is 1. The average molecular weight is 533 g/mol. The summed E-state index contributed by atoms with van der Waals surface area (Å²) in [6.45, 7) is 0.335. The first kappa shape index (κ1) is 23.2. The van der Waals surface area contributed by atoms with Gasteiger partial charge < -0.3 is 21.0 Å². The maximum absolute atomic E-state index is 13.0. The lowest BCUT2D eigenvalue weighted by molar-refractivity contribution is -0.661. The van der Waals surface area contributed by atoms with E-state index in [4.69, 9.17) is 10.6 Å². The number of carbonyl (C=O) groups is 3. The van der Waals surface area contributed by atoms with Gasteiger partial charge in [-0.1, -0.05) is 16.5 Å². The number of β-lactam (4-membered cyclic amide) rings is 1. The van der Waals surface area contributed by atoms with E-state index >= 15 is 0 Å². The van der Waals surface area contributed by atoms with Crippen LogP contribution in [0.3, 0.4) is 0 Å². The van der Waals surface area contributed by atoms with E-state index in [1.807, 2.05) is 34.3 Å². The van der Waals surface area contributed by atoms with Gasteiger partial charge in [0.05, 0.1) is 5.39 Å². The summed E-state index contributed by atoms with van der Waals surface area (Å²) in [6, 6.07) is 4.95. The molecule has 0 spiro atoms. The fourth-order valence-electron chi connectivity index (χ4n) is 3.94. The SMILES string of the molecule is CON=C(C(=O)NC1C(=O)N2C(C(=O)O)=C(C[n+]3cccc4ccsc43)CS[C@@H]12)c1nsc(N)n1. The lowest BCUT2D eigenvalue weighted by Gasteiger charge is -2.49. The lowest BCUT2D eigenvalue weighted by Crippen LogP contribution is -2.71. The van der Waals surface area contributed by atoms with Crippen LogP contribution in [0.1, 0.15) is 5.82 Å². The van der Waals surface area contributed by atoms with Crippen molar-refractivity contribution in [3.05, 3.63) is 46.9 Å². The second kappa shape index (κ2) is 9.24. The zero-order valence-electron chi connectivity index (χ0n) is 18.1. The summed E-state index contributed by atoms with van der Waals surface area (Å²) < 4.78 is 5.93. The number of carboxylic acids is 1. The first-order chi connectivity index (χ1) is 16.9. The molecular formula is C20H18N7O5S3+. The third-order valence-electron chi connectivity index (χ3n) is 5.43. The van der Waals surface area contributed by atoms with E-state index in [2.05, 4.69) is 19.8 Å². The van der Waals surface area contributed by atoms with E-state index in [0.29, 0.717) is 17.9 Å². The number of aliphatic carboxylic acids is 1. The van der Waals surface area contributed by atoms with Gasteiger partial charge in [0.2, 0.25) is 11.5 Å². The van der Waals surface area contributed by atoms with Crippen molar-refractivity contribution in [2.24, 2.45) is 5.16 Å². The molecule has 2 atom stereocenters. The van der Waals surface area contributed by atoms with Crippen LogP contribution in [-0.4, -0.2) is 67.1 Å². The number of nitrogens with zero attached hydrogens (tertiary/aromatic N) is 5. The molecule has 1 unspecified atom stereocenters. The number of amides is 2. The summed E-state index contributed by atoms with van der Waals surface area (Å²) in [5, 5.41) is 18.8. The Kier molecular flexibility index (Phi) is 6.12. The van der Waals surface area contributed by atoms with Crippen LogP contribution in [-0.2, 0) is 25.8 Å². The monoisotopic (exact) mass is 532 g/mol. The molecule has 5 heterocycles. The van der Waals surface area contributed by atoms with Crippen LogP contribution in [0.5, 0.6) is 0 Å². The quantitative estimate of drug-likeness (QED) is 0.169. The molecule has 0 radical (unpaired) electrons. The number of carbonyl (C=O) groups excluding carboxylic acids is 2. The molecule has 1 saturated heterocycles. The highest BCUT2D eigenvalue weighted by Gasteiger charge is 2.55. The van der Waals surface area contributed by atoms with Gasteiger partial charge in [0.25, 0.3) is 16.6 Å². The Balaban J connectivity index is 1.38. The van der Waals surface area contributed by atoms with E-state index < -0.39 is 29.2 Å². The van der Waals surface area contributed by atoms with Crippen LogP contribution in [0.4, 0.5) is 5.13 Å². The van der Waals surface area contributed by atoms with Gasteiger partial charge in [0.15, 0.2) is 17.9 Å². The molecule has 2 aliphatic heterocycles. The molecule has 4 N–H and O–H groups in total. The van der Waals surface area contributed by atoms with E-state index in [0.717, 1.165) is 21.7 Å². The molecular weight excluding hydrogens is 514 g/mol. The minimum atomic E-state index is -1.19. The van der Waals surface area contributed by atoms with E-state index in [-0.39, 0.29) is 22.4 Å². The van der Waals surface area contributed by atoms with Gasteiger partial charge in [-0.2, -0.15) is 13.9 Å². The fourth-order valence-corrected chi connectivity index (χ4v) is 6.59. The number of nitrogens with one attached hydrogen (secondary N) is 1. The van der Waals surface area contributed by atoms with Crippen molar-refractivity contribution in [3.8, 4) is 0 Å². The molecule has 5 rings (SSSR count). The molecule has 2 aliphatic rings. The van der Waals surface area contributed by atoms with Crippen LogP contribution >= 0.6 is 34.6 Å². The van der Waals surface area contributed by atoms with Gasteiger partial charge in [-0.25, -0.2) is 4.79 Å². The molecule has 3 aromatic heterocycles. The zero-order valence-corrected chi connectivity index (χ0v) is 20.5.